The van der Waals surface area contributed by atoms with Crippen LogP contribution in [-0.2, 0) is 4.74 Å². The Kier molecular flexibility index (Phi) is 3.22. The predicted molar refractivity (Wildman–Crippen MR) is 48.0 cm³/mol. The van der Waals surface area contributed by atoms with Crippen LogP contribution in [0, 0.1) is 0 Å². The molecule has 2 atom stereocenters. The molecule has 1 rings (SSSR count). The molecule has 0 aliphatic carbocycles. The molecule has 1 heterocycles. The van der Waals surface area contributed by atoms with Crippen molar-refractivity contribution in [1.82, 2.24) is 0 Å². The van der Waals surface area contributed by atoms with Gasteiger partial charge in [0.05, 0.1) is 12.2 Å². The molecule has 1 N–H and O–H groups in total. The largest absolute Gasteiger partial charge is 0.386 e. The van der Waals surface area contributed by atoms with E-state index in [-0.39, 0.29) is 0 Å². The van der Waals surface area contributed by atoms with Crippen molar-refractivity contribution >= 4 is 11.8 Å². The number of hydrogen-bond donors (Lipinski definition) is 1. The molecule has 11 heavy (non-hydrogen) atoms. The molecule has 66 valence electrons. The second kappa shape index (κ2) is 3.78. The van der Waals surface area contributed by atoms with E-state index >= 15 is 0 Å². The molecule has 2 nitrogen and oxygen atoms in total. The second-order valence-corrected chi connectivity index (χ2v) is 4.60. The molecule has 1 aliphatic rings. The Morgan fingerprint density at radius 2 is 2.45 bits per heavy atom. The highest BCUT2D eigenvalue weighted by atomic mass is 32.2. The van der Waals surface area contributed by atoms with Crippen molar-refractivity contribution in [3.63, 3.8) is 0 Å². The lowest BCUT2D eigenvalue weighted by atomic mass is 9.95. The zero-order valence-corrected chi connectivity index (χ0v) is 7.99. The quantitative estimate of drug-likeness (QED) is 0.687. The number of rotatable bonds is 2. The highest BCUT2D eigenvalue weighted by Gasteiger charge is 2.36. The van der Waals surface area contributed by atoms with Gasteiger partial charge in [0, 0.05) is 12.4 Å². The van der Waals surface area contributed by atoms with Gasteiger partial charge in [0.2, 0.25) is 0 Å². The van der Waals surface area contributed by atoms with E-state index < -0.39 is 5.60 Å². The smallest absolute Gasteiger partial charge is 0.0995 e. The molecule has 0 spiro atoms. The Morgan fingerprint density at radius 1 is 1.73 bits per heavy atom. The molecular formula is C8H16O2S. The van der Waals surface area contributed by atoms with Crippen molar-refractivity contribution in [2.45, 2.75) is 30.6 Å². The average Bonchev–Trinajstić information content (AvgIpc) is 1.96. The summed E-state index contributed by atoms with van der Waals surface area (Å²) in [4.78, 5) is 0. The van der Waals surface area contributed by atoms with Gasteiger partial charge in [-0.1, -0.05) is 6.92 Å². The summed E-state index contributed by atoms with van der Waals surface area (Å²) >= 11 is 1.83. The van der Waals surface area contributed by atoms with E-state index in [0.717, 1.165) is 12.8 Å². The van der Waals surface area contributed by atoms with E-state index in [1.807, 2.05) is 11.8 Å². The van der Waals surface area contributed by atoms with Gasteiger partial charge in [-0.3, -0.25) is 0 Å². The number of aliphatic hydroxyl groups is 1. The van der Waals surface area contributed by atoms with Crippen molar-refractivity contribution in [3.8, 4) is 0 Å². The minimum absolute atomic E-state index is 0.316. The Balaban J connectivity index is 2.49. The summed E-state index contributed by atoms with van der Waals surface area (Å²) in [7, 11) is 1.64. The summed E-state index contributed by atoms with van der Waals surface area (Å²) in [5.74, 6) is 1.17. The zero-order chi connectivity index (χ0) is 8.32. The molecule has 0 bridgehead atoms. The van der Waals surface area contributed by atoms with Crippen LogP contribution in [-0.4, -0.2) is 35.4 Å². The topological polar surface area (TPSA) is 29.5 Å². The summed E-state index contributed by atoms with van der Waals surface area (Å²) in [5, 5.41) is 10.3. The maximum atomic E-state index is 9.99. The highest BCUT2D eigenvalue weighted by molar-refractivity contribution is 8.00. The molecule has 1 aliphatic heterocycles. The SMILES string of the molecule is COCC1(O)CCCSC1C. The Bertz CT molecular complexity index is 125. The molecular weight excluding hydrogens is 160 g/mol. The summed E-state index contributed by atoms with van der Waals surface area (Å²) in [6, 6.07) is 0. The summed E-state index contributed by atoms with van der Waals surface area (Å²) in [5.41, 5.74) is -0.572. The number of hydrogen-bond acceptors (Lipinski definition) is 3. The van der Waals surface area contributed by atoms with E-state index in [1.165, 1.54) is 5.75 Å². The fourth-order valence-electron chi connectivity index (χ4n) is 1.44. The van der Waals surface area contributed by atoms with E-state index in [0.29, 0.717) is 11.9 Å². The number of ether oxygens (including phenoxy) is 1. The van der Waals surface area contributed by atoms with Crippen LogP contribution in [0.4, 0.5) is 0 Å². The van der Waals surface area contributed by atoms with Crippen LogP contribution < -0.4 is 0 Å². The first-order valence-electron chi connectivity index (χ1n) is 4.02. The van der Waals surface area contributed by atoms with Crippen molar-refractivity contribution in [2.24, 2.45) is 0 Å². The Labute approximate surface area is 72.3 Å². The van der Waals surface area contributed by atoms with Crippen LogP contribution in [0.2, 0.25) is 0 Å². The highest BCUT2D eigenvalue weighted by Crippen LogP contribution is 2.33. The summed E-state index contributed by atoms with van der Waals surface area (Å²) in [6.45, 7) is 2.55. The summed E-state index contributed by atoms with van der Waals surface area (Å²) < 4.78 is 4.99. The lowest BCUT2D eigenvalue weighted by Gasteiger charge is -2.36. The molecule has 1 saturated heterocycles. The van der Waals surface area contributed by atoms with Crippen LogP contribution in [0.15, 0.2) is 0 Å². The third-order valence-electron chi connectivity index (χ3n) is 2.27. The van der Waals surface area contributed by atoms with Crippen LogP contribution in [0.5, 0.6) is 0 Å². The minimum Gasteiger partial charge on any atom is -0.386 e. The molecule has 3 heteroatoms. The lowest BCUT2D eigenvalue weighted by molar-refractivity contribution is -0.0378. The Morgan fingerprint density at radius 3 is 3.00 bits per heavy atom. The molecule has 0 radical (unpaired) electrons. The fourth-order valence-corrected chi connectivity index (χ4v) is 2.60. The number of methoxy groups -OCH3 is 1. The third-order valence-corrected chi connectivity index (χ3v) is 3.74. The van der Waals surface area contributed by atoms with Crippen LogP contribution in [0.1, 0.15) is 19.8 Å². The van der Waals surface area contributed by atoms with Gasteiger partial charge < -0.3 is 9.84 Å². The van der Waals surface area contributed by atoms with Gasteiger partial charge in [-0.05, 0) is 18.6 Å². The van der Waals surface area contributed by atoms with Gasteiger partial charge in [0.15, 0.2) is 0 Å². The van der Waals surface area contributed by atoms with Crippen molar-refractivity contribution in [2.75, 3.05) is 19.5 Å². The van der Waals surface area contributed by atoms with Crippen LogP contribution in [0.25, 0.3) is 0 Å². The first-order chi connectivity index (χ1) is 5.19. The van der Waals surface area contributed by atoms with Crippen molar-refractivity contribution in [1.29, 1.82) is 0 Å². The maximum absolute atomic E-state index is 9.99. The normalized spacial score (nSPS) is 39.0. The molecule has 0 aromatic rings. The fraction of sp³-hybridized carbons (Fsp3) is 1.00. The zero-order valence-electron chi connectivity index (χ0n) is 7.17. The minimum atomic E-state index is -0.572. The second-order valence-electron chi connectivity index (χ2n) is 3.15. The van der Waals surface area contributed by atoms with Gasteiger partial charge in [-0.25, -0.2) is 0 Å². The van der Waals surface area contributed by atoms with Crippen molar-refractivity contribution in [3.05, 3.63) is 0 Å². The van der Waals surface area contributed by atoms with E-state index in [4.69, 9.17) is 4.74 Å². The average molecular weight is 176 g/mol. The van der Waals surface area contributed by atoms with Crippen LogP contribution in [0.3, 0.4) is 0 Å². The van der Waals surface area contributed by atoms with Gasteiger partial charge in [0.25, 0.3) is 0 Å². The third kappa shape index (κ3) is 2.10. The van der Waals surface area contributed by atoms with Crippen molar-refractivity contribution < 1.29 is 9.84 Å². The monoisotopic (exact) mass is 176 g/mol. The maximum Gasteiger partial charge on any atom is 0.0995 e. The molecule has 1 fully saturated rings. The molecule has 2 unspecified atom stereocenters. The molecule has 0 aromatic carbocycles. The van der Waals surface area contributed by atoms with E-state index in [1.54, 1.807) is 7.11 Å². The van der Waals surface area contributed by atoms with E-state index in [2.05, 4.69) is 6.92 Å². The first kappa shape index (κ1) is 9.36. The Hall–Kier alpha value is 0.270. The van der Waals surface area contributed by atoms with Gasteiger partial charge in [-0.15, -0.1) is 0 Å². The van der Waals surface area contributed by atoms with E-state index in [9.17, 15) is 5.11 Å². The summed E-state index contributed by atoms with van der Waals surface area (Å²) in [6.07, 6.45) is 1.99. The number of thioether (sulfide) groups is 1. The van der Waals surface area contributed by atoms with Gasteiger partial charge in [0.1, 0.15) is 0 Å². The first-order valence-corrected chi connectivity index (χ1v) is 5.07. The standard InChI is InChI=1S/C8H16O2S/c1-7-8(9,6-10-2)4-3-5-11-7/h7,9H,3-6H2,1-2H3. The van der Waals surface area contributed by atoms with Gasteiger partial charge >= 0.3 is 0 Å². The van der Waals surface area contributed by atoms with Gasteiger partial charge in [-0.2, -0.15) is 11.8 Å². The lowest BCUT2D eigenvalue weighted by Crippen LogP contribution is -2.45. The van der Waals surface area contributed by atoms with Crippen LogP contribution >= 0.6 is 11.8 Å². The molecule has 0 aromatic heterocycles. The molecule has 0 amide bonds. The molecule has 0 saturated carbocycles. The predicted octanol–water partition coefficient (Wildman–Crippen LogP) is 1.28.